The molecule has 9 rings (SSSR count). The molecule has 5 aromatic carbocycles. The molecule has 9 aromatic rings. The summed E-state index contributed by atoms with van der Waals surface area (Å²) in [6.07, 6.45) is 8.02. The Balaban J connectivity index is 1.32. The third-order valence-electron chi connectivity index (χ3n) is 9.28. The van der Waals surface area contributed by atoms with Crippen LogP contribution in [0.15, 0.2) is 152 Å². The molecule has 0 atom stereocenters. The highest BCUT2D eigenvalue weighted by Crippen LogP contribution is 2.41. The largest absolute Gasteiger partial charge is 0.308 e. The normalized spacial score (nSPS) is 11.8. The summed E-state index contributed by atoms with van der Waals surface area (Å²) in [4.78, 5) is 15.3. The summed E-state index contributed by atoms with van der Waals surface area (Å²) in [5.74, 6) is 0.617. The van der Waals surface area contributed by atoms with Gasteiger partial charge in [-0.25, -0.2) is 9.97 Å². The van der Waals surface area contributed by atoms with Crippen LogP contribution in [0.5, 0.6) is 0 Å². The molecular formula is C44H31N5. The van der Waals surface area contributed by atoms with Crippen LogP contribution in [0.4, 0.5) is 0 Å². The van der Waals surface area contributed by atoms with E-state index in [4.69, 9.17) is 15.0 Å². The van der Waals surface area contributed by atoms with Crippen molar-refractivity contribution in [1.82, 2.24) is 24.1 Å². The van der Waals surface area contributed by atoms with Gasteiger partial charge >= 0.3 is 0 Å². The molecule has 5 heteroatoms. The van der Waals surface area contributed by atoms with Crippen molar-refractivity contribution in [3.8, 4) is 34.0 Å². The van der Waals surface area contributed by atoms with Crippen molar-refractivity contribution in [1.29, 1.82) is 0 Å². The van der Waals surface area contributed by atoms with Gasteiger partial charge in [0, 0.05) is 39.2 Å². The number of aromatic nitrogens is 5. The maximum absolute atomic E-state index is 5.26. The van der Waals surface area contributed by atoms with Gasteiger partial charge in [-0.3, -0.25) is 9.55 Å². The van der Waals surface area contributed by atoms with Crippen LogP contribution in [0.1, 0.15) is 18.2 Å². The molecular weight excluding hydrogens is 599 g/mol. The summed E-state index contributed by atoms with van der Waals surface area (Å²) < 4.78 is 4.47. The molecule has 0 unspecified atom stereocenters. The number of rotatable bonds is 6. The van der Waals surface area contributed by atoms with Gasteiger partial charge < -0.3 is 4.57 Å². The molecule has 0 saturated carbocycles. The van der Waals surface area contributed by atoms with E-state index in [0.717, 1.165) is 83.1 Å². The smallest absolute Gasteiger partial charge is 0.235 e. The highest BCUT2D eigenvalue weighted by Gasteiger charge is 2.22. The van der Waals surface area contributed by atoms with Gasteiger partial charge in [-0.15, -0.1) is 0 Å². The van der Waals surface area contributed by atoms with Crippen molar-refractivity contribution in [2.75, 3.05) is 0 Å². The fourth-order valence-electron chi connectivity index (χ4n) is 7.21. The first kappa shape index (κ1) is 28.6. The Bertz CT molecular complexity index is 2730. The maximum atomic E-state index is 5.26. The lowest BCUT2D eigenvalue weighted by atomic mass is 9.97. The van der Waals surface area contributed by atoms with Crippen molar-refractivity contribution >= 4 is 55.9 Å². The van der Waals surface area contributed by atoms with Gasteiger partial charge in [0.15, 0.2) is 0 Å². The van der Waals surface area contributed by atoms with Crippen LogP contribution in [0.2, 0.25) is 0 Å². The maximum Gasteiger partial charge on any atom is 0.235 e. The van der Waals surface area contributed by atoms with Crippen molar-refractivity contribution in [2.24, 2.45) is 0 Å². The summed E-state index contributed by atoms with van der Waals surface area (Å²) in [7, 11) is 0. The Morgan fingerprint density at radius 2 is 1.41 bits per heavy atom. The van der Waals surface area contributed by atoms with Crippen molar-refractivity contribution in [2.45, 2.75) is 6.92 Å². The first-order valence-electron chi connectivity index (χ1n) is 16.5. The zero-order valence-electron chi connectivity index (χ0n) is 27.0. The van der Waals surface area contributed by atoms with Gasteiger partial charge in [0.05, 0.1) is 39.0 Å². The van der Waals surface area contributed by atoms with E-state index >= 15 is 0 Å². The second-order valence-corrected chi connectivity index (χ2v) is 12.1. The Morgan fingerprint density at radius 3 is 2.22 bits per heavy atom. The van der Waals surface area contributed by atoms with Crippen LogP contribution >= 0.6 is 0 Å². The van der Waals surface area contributed by atoms with E-state index in [9.17, 15) is 0 Å². The lowest BCUT2D eigenvalue weighted by Crippen LogP contribution is -2.05. The first-order chi connectivity index (χ1) is 24.2. The van der Waals surface area contributed by atoms with E-state index in [1.54, 1.807) is 0 Å². The monoisotopic (exact) mass is 629 g/mol. The quantitative estimate of drug-likeness (QED) is 0.184. The van der Waals surface area contributed by atoms with Crippen LogP contribution in [0, 0.1) is 0 Å². The predicted octanol–water partition coefficient (Wildman–Crippen LogP) is 11.1. The molecule has 0 fully saturated rings. The van der Waals surface area contributed by atoms with Crippen molar-refractivity contribution in [3.63, 3.8) is 0 Å². The average Bonchev–Trinajstić information content (AvgIpc) is 3.67. The summed E-state index contributed by atoms with van der Waals surface area (Å²) in [5.41, 5.74) is 12.4. The molecule has 4 aromatic heterocycles. The van der Waals surface area contributed by atoms with E-state index < -0.39 is 0 Å². The number of nitrogens with zero attached hydrogens (tertiary/aromatic N) is 5. The van der Waals surface area contributed by atoms with Gasteiger partial charge in [-0.2, -0.15) is 0 Å². The van der Waals surface area contributed by atoms with E-state index in [-0.39, 0.29) is 0 Å². The Labute approximate surface area is 283 Å². The lowest BCUT2D eigenvalue weighted by Gasteiger charge is -2.12. The zero-order chi connectivity index (χ0) is 32.9. The Kier molecular flexibility index (Phi) is 6.76. The van der Waals surface area contributed by atoms with E-state index in [2.05, 4.69) is 119 Å². The molecule has 232 valence electrons. The topological polar surface area (TPSA) is 48.5 Å². The number of para-hydroxylation sites is 2. The van der Waals surface area contributed by atoms with E-state index in [0.29, 0.717) is 5.95 Å². The highest BCUT2D eigenvalue weighted by molar-refractivity contribution is 6.11. The number of pyridine rings is 1. The SMILES string of the molecule is C=Cc1c(/C=C\C)n(-c2nc(-c3ccccc3)c3ccccc3n2)c2cccc(-c3ccc4c(c3)c3ncccc3n4-c3ccccc3)c12. The van der Waals surface area contributed by atoms with Crippen LogP contribution in [0.3, 0.4) is 0 Å². The molecule has 4 heterocycles. The average molecular weight is 630 g/mol. The first-order valence-corrected chi connectivity index (χ1v) is 16.5. The summed E-state index contributed by atoms with van der Waals surface area (Å²) in [5, 5.41) is 3.22. The Morgan fingerprint density at radius 1 is 0.633 bits per heavy atom. The van der Waals surface area contributed by atoms with Gasteiger partial charge in [0.2, 0.25) is 5.95 Å². The molecule has 0 N–H and O–H groups in total. The molecule has 0 bridgehead atoms. The predicted molar refractivity (Wildman–Crippen MR) is 204 cm³/mol. The van der Waals surface area contributed by atoms with Gasteiger partial charge in [-0.05, 0) is 72.7 Å². The minimum Gasteiger partial charge on any atom is -0.308 e. The zero-order valence-corrected chi connectivity index (χ0v) is 27.0. The molecule has 49 heavy (non-hydrogen) atoms. The van der Waals surface area contributed by atoms with Crippen LogP contribution in [-0.2, 0) is 0 Å². The lowest BCUT2D eigenvalue weighted by molar-refractivity contribution is 0.972. The third kappa shape index (κ3) is 4.51. The van der Waals surface area contributed by atoms with Gasteiger partial charge in [-0.1, -0.05) is 104 Å². The number of hydrogen-bond donors (Lipinski definition) is 0. The summed E-state index contributed by atoms with van der Waals surface area (Å²) in [6.45, 7) is 6.34. The molecule has 0 aliphatic carbocycles. The summed E-state index contributed by atoms with van der Waals surface area (Å²) >= 11 is 0. The molecule has 0 radical (unpaired) electrons. The third-order valence-corrected chi connectivity index (χ3v) is 9.28. The Hall–Kier alpha value is -6.59. The molecule has 0 spiro atoms. The van der Waals surface area contributed by atoms with Crippen molar-refractivity contribution in [3.05, 3.63) is 164 Å². The second kappa shape index (κ2) is 11.6. The minimum absolute atomic E-state index is 0.617. The molecule has 5 nitrogen and oxygen atoms in total. The highest BCUT2D eigenvalue weighted by atomic mass is 15.2. The fourth-order valence-corrected chi connectivity index (χ4v) is 7.21. The summed E-state index contributed by atoms with van der Waals surface area (Å²) in [6, 6.07) is 46.4. The van der Waals surface area contributed by atoms with Gasteiger partial charge in [0.1, 0.15) is 0 Å². The van der Waals surface area contributed by atoms with Crippen LogP contribution in [0.25, 0.3) is 89.9 Å². The number of benzene rings is 5. The molecule has 0 aliphatic rings. The number of fused-ring (bicyclic) bond motifs is 5. The molecule has 0 aliphatic heterocycles. The fraction of sp³-hybridized carbons (Fsp3) is 0.0227. The van der Waals surface area contributed by atoms with Crippen molar-refractivity contribution < 1.29 is 0 Å². The second-order valence-electron chi connectivity index (χ2n) is 12.1. The molecule has 0 saturated heterocycles. The standard InChI is InChI=1S/C44H31N5/c1-3-15-37-32(4-2)41-33(30-25-26-38-35(28-30)43-40(24-14-27-45-43)48(38)31-18-9-6-10-19-31)21-13-23-39(41)49(37)44-46-36-22-12-11-20-34(36)42(47-44)29-16-7-5-8-17-29/h3-28H,2H2,1H3/b15-3-. The molecule has 0 amide bonds. The number of hydrogen-bond acceptors (Lipinski definition) is 3. The minimum atomic E-state index is 0.617. The van der Waals surface area contributed by atoms with E-state index in [1.807, 2.05) is 61.7 Å². The number of allylic oxidation sites excluding steroid dienone is 1. The van der Waals surface area contributed by atoms with Crippen LogP contribution < -0.4 is 0 Å². The van der Waals surface area contributed by atoms with Gasteiger partial charge in [0.25, 0.3) is 0 Å². The van der Waals surface area contributed by atoms with E-state index in [1.165, 1.54) is 0 Å². The van der Waals surface area contributed by atoms with Crippen LogP contribution in [-0.4, -0.2) is 24.1 Å².